The summed E-state index contributed by atoms with van der Waals surface area (Å²) in [6, 6.07) is 2.09. The maximum Gasteiger partial charge on any atom is 0.341 e. The molecule has 38 heavy (non-hydrogen) atoms. The Bertz CT molecular complexity index is 1280. The van der Waals surface area contributed by atoms with Gasteiger partial charge in [0, 0.05) is 58.0 Å². The molecule has 1 aromatic heterocycles. The second-order valence-electron chi connectivity index (χ2n) is 9.36. The number of anilines is 1. The second-order valence-corrected chi connectivity index (χ2v) is 9.36. The number of likely N-dealkylation sites (tertiary alicyclic amines) is 1. The molecule has 2 unspecified atom stereocenters. The Labute approximate surface area is 215 Å². The minimum Gasteiger partial charge on any atom is -0.369 e. The molecule has 5 rings (SSSR count). The lowest BCUT2D eigenvalue weighted by Gasteiger charge is -2.37. The van der Waals surface area contributed by atoms with Crippen LogP contribution in [0, 0.1) is 23.4 Å². The summed E-state index contributed by atoms with van der Waals surface area (Å²) in [6.45, 7) is 1.49. The maximum atomic E-state index is 14.5. The fraction of sp³-hybridized carbons (Fsp3) is 0.417. The van der Waals surface area contributed by atoms with Gasteiger partial charge < -0.3 is 20.4 Å². The van der Waals surface area contributed by atoms with Crippen LogP contribution in [0.4, 0.5) is 23.9 Å². The number of hydrogen-bond acceptors (Lipinski definition) is 7. The standard InChI is InChI=1S/C24H25F3N8O3/c25-16-9-15(10-17(26)11-16)19-1-3-30-35(19)24(38)33-7-5-32(6-8-33)23-29-12-18(27)20(31-23)22(37)34-4-2-14(13-34)21(28)36/h3,9-12,14,19H,1-2,4-8,13H2,(H2,28,36). The number of primary amides is 1. The molecule has 14 heteroatoms. The van der Waals surface area contributed by atoms with E-state index in [0.29, 0.717) is 31.5 Å². The Morgan fingerprint density at radius 2 is 1.66 bits per heavy atom. The number of nitrogens with two attached hydrogens (primary N) is 1. The van der Waals surface area contributed by atoms with Gasteiger partial charge >= 0.3 is 6.03 Å². The van der Waals surface area contributed by atoms with Crippen molar-refractivity contribution in [1.29, 1.82) is 0 Å². The number of halogens is 3. The first-order valence-electron chi connectivity index (χ1n) is 12.1. The van der Waals surface area contributed by atoms with E-state index in [9.17, 15) is 27.6 Å². The third kappa shape index (κ3) is 4.97. The van der Waals surface area contributed by atoms with Gasteiger partial charge in [0.1, 0.15) is 11.6 Å². The first-order valence-corrected chi connectivity index (χ1v) is 12.1. The van der Waals surface area contributed by atoms with E-state index in [1.54, 1.807) is 9.80 Å². The van der Waals surface area contributed by atoms with Crippen LogP contribution in [0.5, 0.6) is 0 Å². The van der Waals surface area contributed by atoms with E-state index >= 15 is 0 Å². The average Bonchev–Trinajstić information content (AvgIpc) is 3.58. The van der Waals surface area contributed by atoms with Crippen molar-refractivity contribution in [3.05, 3.63) is 53.1 Å². The minimum absolute atomic E-state index is 0.107. The molecule has 3 aliphatic rings. The quantitative estimate of drug-likeness (QED) is 0.639. The van der Waals surface area contributed by atoms with E-state index in [4.69, 9.17) is 5.73 Å². The monoisotopic (exact) mass is 530 g/mol. The summed E-state index contributed by atoms with van der Waals surface area (Å²) >= 11 is 0. The van der Waals surface area contributed by atoms with Crippen LogP contribution in [-0.2, 0) is 4.79 Å². The van der Waals surface area contributed by atoms with Gasteiger partial charge in [-0.05, 0) is 24.1 Å². The number of carbonyl (C=O) groups is 3. The smallest absolute Gasteiger partial charge is 0.341 e. The molecule has 2 N–H and O–H groups in total. The third-order valence-corrected chi connectivity index (χ3v) is 6.94. The van der Waals surface area contributed by atoms with Crippen LogP contribution in [0.2, 0.25) is 0 Å². The van der Waals surface area contributed by atoms with E-state index in [1.807, 2.05) is 0 Å². The predicted molar refractivity (Wildman–Crippen MR) is 128 cm³/mol. The fourth-order valence-corrected chi connectivity index (χ4v) is 4.87. The zero-order valence-corrected chi connectivity index (χ0v) is 20.3. The Morgan fingerprint density at radius 1 is 0.947 bits per heavy atom. The van der Waals surface area contributed by atoms with Crippen LogP contribution in [0.3, 0.4) is 0 Å². The molecule has 11 nitrogen and oxygen atoms in total. The summed E-state index contributed by atoms with van der Waals surface area (Å²) in [5.74, 6) is -3.83. The number of piperazine rings is 1. The van der Waals surface area contributed by atoms with Gasteiger partial charge in [-0.2, -0.15) is 5.10 Å². The summed E-state index contributed by atoms with van der Waals surface area (Å²) < 4.78 is 41.9. The molecule has 0 aliphatic carbocycles. The molecule has 200 valence electrons. The van der Waals surface area contributed by atoms with Gasteiger partial charge in [-0.25, -0.2) is 32.9 Å². The molecule has 0 radical (unpaired) electrons. The van der Waals surface area contributed by atoms with Gasteiger partial charge in [0.2, 0.25) is 11.9 Å². The number of amides is 4. The number of aromatic nitrogens is 2. The van der Waals surface area contributed by atoms with Gasteiger partial charge in [0.15, 0.2) is 11.5 Å². The molecule has 4 heterocycles. The Kier molecular flexibility index (Phi) is 6.87. The third-order valence-electron chi connectivity index (χ3n) is 6.94. The number of hydrazone groups is 1. The molecule has 2 saturated heterocycles. The van der Waals surface area contributed by atoms with Crippen LogP contribution in [0.15, 0.2) is 29.5 Å². The first-order chi connectivity index (χ1) is 18.2. The van der Waals surface area contributed by atoms with E-state index < -0.39 is 53.0 Å². The molecule has 0 spiro atoms. The van der Waals surface area contributed by atoms with Crippen molar-refractivity contribution in [2.45, 2.75) is 18.9 Å². The zero-order chi connectivity index (χ0) is 27.0. The van der Waals surface area contributed by atoms with E-state index in [1.165, 1.54) is 28.3 Å². The summed E-state index contributed by atoms with van der Waals surface area (Å²) in [7, 11) is 0. The van der Waals surface area contributed by atoms with Crippen molar-refractivity contribution in [2.24, 2.45) is 16.8 Å². The molecular weight excluding hydrogens is 505 g/mol. The van der Waals surface area contributed by atoms with Gasteiger partial charge in [0.25, 0.3) is 5.91 Å². The number of nitrogens with zero attached hydrogens (tertiary/aromatic N) is 7. The SMILES string of the molecule is NC(=O)C1CCN(C(=O)c2nc(N3CCN(C(=O)N4N=CCC4c4cc(F)cc(F)c4)CC3)ncc2F)C1. The summed E-state index contributed by atoms with van der Waals surface area (Å²) in [6.07, 6.45) is 3.19. The predicted octanol–water partition coefficient (Wildman–Crippen LogP) is 1.52. The summed E-state index contributed by atoms with van der Waals surface area (Å²) in [4.78, 5) is 50.2. The molecule has 0 bridgehead atoms. The molecule has 2 fully saturated rings. The zero-order valence-electron chi connectivity index (χ0n) is 20.3. The van der Waals surface area contributed by atoms with Crippen LogP contribution in [0.25, 0.3) is 0 Å². The molecule has 4 amide bonds. The molecular formula is C24H25F3N8O3. The molecule has 2 atom stereocenters. The Morgan fingerprint density at radius 3 is 2.32 bits per heavy atom. The highest BCUT2D eigenvalue weighted by molar-refractivity contribution is 5.93. The molecule has 2 aromatic rings. The largest absolute Gasteiger partial charge is 0.369 e. The van der Waals surface area contributed by atoms with E-state index in [0.717, 1.165) is 12.3 Å². The number of urea groups is 1. The lowest BCUT2D eigenvalue weighted by molar-refractivity contribution is -0.121. The Balaban J connectivity index is 1.23. The number of benzene rings is 1. The first kappa shape index (κ1) is 25.4. The van der Waals surface area contributed by atoms with Crippen molar-refractivity contribution >= 4 is 30.0 Å². The normalized spacial score (nSPS) is 21.3. The lowest BCUT2D eigenvalue weighted by atomic mass is 10.0. The van der Waals surface area contributed by atoms with Crippen molar-refractivity contribution in [3.63, 3.8) is 0 Å². The fourth-order valence-electron chi connectivity index (χ4n) is 4.87. The highest BCUT2D eigenvalue weighted by Gasteiger charge is 2.35. The topological polar surface area (TPSA) is 128 Å². The van der Waals surface area contributed by atoms with Crippen LogP contribution < -0.4 is 10.6 Å². The van der Waals surface area contributed by atoms with Crippen molar-refractivity contribution < 1.29 is 27.6 Å². The van der Waals surface area contributed by atoms with Crippen molar-refractivity contribution in [2.75, 3.05) is 44.2 Å². The van der Waals surface area contributed by atoms with Gasteiger partial charge in [-0.3, -0.25) is 9.59 Å². The van der Waals surface area contributed by atoms with Crippen LogP contribution in [0.1, 0.15) is 34.9 Å². The highest BCUT2D eigenvalue weighted by atomic mass is 19.1. The van der Waals surface area contributed by atoms with Gasteiger partial charge in [-0.15, -0.1) is 0 Å². The molecule has 0 saturated carbocycles. The number of hydrogen-bond donors (Lipinski definition) is 1. The second kappa shape index (κ2) is 10.3. The Hall–Kier alpha value is -4.23. The van der Waals surface area contributed by atoms with E-state index in [-0.39, 0.29) is 32.1 Å². The minimum atomic E-state index is -0.873. The van der Waals surface area contributed by atoms with Crippen LogP contribution in [-0.4, -0.2) is 88.1 Å². The van der Waals surface area contributed by atoms with E-state index in [2.05, 4.69) is 15.1 Å². The summed E-state index contributed by atoms with van der Waals surface area (Å²) in [5, 5.41) is 5.33. The van der Waals surface area contributed by atoms with Gasteiger partial charge in [-0.1, -0.05) is 0 Å². The van der Waals surface area contributed by atoms with Crippen molar-refractivity contribution in [1.82, 2.24) is 24.8 Å². The van der Waals surface area contributed by atoms with Crippen LogP contribution >= 0.6 is 0 Å². The summed E-state index contributed by atoms with van der Waals surface area (Å²) in [5.41, 5.74) is 5.24. The number of rotatable bonds is 4. The number of carbonyl (C=O) groups excluding carboxylic acids is 3. The molecule has 3 aliphatic heterocycles. The maximum absolute atomic E-state index is 14.5. The van der Waals surface area contributed by atoms with Gasteiger partial charge in [0.05, 0.1) is 18.2 Å². The lowest BCUT2D eigenvalue weighted by Crippen LogP contribution is -2.52. The highest BCUT2D eigenvalue weighted by Crippen LogP contribution is 2.30. The van der Waals surface area contributed by atoms with Crippen molar-refractivity contribution in [3.8, 4) is 0 Å². The molecule has 1 aromatic carbocycles. The average molecular weight is 531 g/mol.